The topological polar surface area (TPSA) is 0 Å². The second-order valence-corrected chi connectivity index (χ2v) is 35.2. The van der Waals surface area contributed by atoms with E-state index in [2.05, 4.69) is 318 Å². The predicted molar refractivity (Wildman–Crippen MR) is 409 cm³/mol. The molecule has 97 heavy (non-hydrogen) atoms. The van der Waals surface area contributed by atoms with Crippen molar-refractivity contribution in [3.05, 3.63) is 386 Å². The van der Waals surface area contributed by atoms with E-state index in [-0.39, 0.29) is 100 Å². The Labute approximate surface area is 645 Å². The molecular formula is C89H74Au4P4+4. The van der Waals surface area contributed by atoms with Gasteiger partial charge in [-0.15, -0.1) is 70.8 Å². The van der Waals surface area contributed by atoms with Crippen molar-refractivity contribution in [1.82, 2.24) is 0 Å². The molecule has 0 aliphatic heterocycles. The molecule has 0 spiro atoms. The normalized spacial score (nSPS) is 11.8. The van der Waals surface area contributed by atoms with E-state index in [0.717, 1.165) is 22.3 Å². The molecule has 12 aromatic rings. The van der Waals surface area contributed by atoms with Gasteiger partial charge >= 0.3 is 89.5 Å². The minimum atomic E-state index is -0.847. The molecule has 0 saturated carbocycles. The van der Waals surface area contributed by atoms with Crippen LogP contribution in [0.3, 0.4) is 0 Å². The summed E-state index contributed by atoms with van der Waals surface area (Å²) in [5.41, 5.74) is 12.8. The van der Waals surface area contributed by atoms with Crippen molar-refractivity contribution in [3.63, 3.8) is 0 Å². The molecule has 14 rings (SSSR count). The Kier molecular flexibility index (Phi) is 30.3. The van der Waals surface area contributed by atoms with Crippen LogP contribution in [0.4, 0.5) is 0 Å². The van der Waals surface area contributed by atoms with Crippen molar-refractivity contribution in [2.24, 2.45) is 0 Å². The first-order valence-corrected chi connectivity index (χ1v) is 38.5. The molecule has 0 atom stereocenters. The first-order valence-electron chi connectivity index (χ1n) is 31.7. The summed E-state index contributed by atoms with van der Waals surface area (Å²) in [6, 6.07) is 113. The molecule has 2 aliphatic carbocycles. The van der Waals surface area contributed by atoms with Crippen LogP contribution < -0.4 is 42.4 Å². The number of fused-ring (bicyclic) bond motifs is 6. The molecule has 0 amide bonds. The Morgan fingerprint density at radius 1 is 0.237 bits per heavy atom. The molecule has 0 aromatic heterocycles. The molecule has 0 saturated heterocycles. The largest absolute Gasteiger partial charge is 1.00 e. The fourth-order valence-corrected chi connectivity index (χ4v) is 26.9. The van der Waals surface area contributed by atoms with Gasteiger partial charge in [0.05, 0.1) is 37.1 Å². The quantitative estimate of drug-likeness (QED) is 0.0467. The van der Waals surface area contributed by atoms with Crippen LogP contribution in [0.2, 0.25) is 0 Å². The zero-order valence-corrected chi connectivity index (χ0v) is 67.0. The van der Waals surface area contributed by atoms with Crippen molar-refractivity contribution >= 4 is 74.1 Å². The van der Waals surface area contributed by atoms with Gasteiger partial charge in [-0.3, -0.25) is 23.7 Å². The smallest absolute Gasteiger partial charge is 0.366 e. The molecule has 12 aromatic carbocycles. The first-order chi connectivity index (χ1) is 45.5. The van der Waals surface area contributed by atoms with E-state index in [1.807, 2.05) is 48.5 Å². The van der Waals surface area contributed by atoms with Gasteiger partial charge < -0.3 is 25.7 Å². The summed E-state index contributed by atoms with van der Waals surface area (Å²) in [5, 5.41) is 12.1. The molecule has 0 fully saturated rings. The maximum Gasteiger partial charge on any atom is 1.00 e. The number of benzene rings is 12. The Morgan fingerprint density at radius 3 is 0.567 bits per heavy atom. The summed E-state index contributed by atoms with van der Waals surface area (Å²) < 4.78 is 0. The van der Waals surface area contributed by atoms with Gasteiger partial charge in [0.25, 0.3) is 0 Å². The van der Waals surface area contributed by atoms with Crippen LogP contribution in [0.5, 0.6) is 0 Å². The summed E-state index contributed by atoms with van der Waals surface area (Å²) in [6.45, 7) is 8.72. The van der Waals surface area contributed by atoms with Gasteiger partial charge in [-0.05, 0) is 142 Å². The minimum Gasteiger partial charge on any atom is -0.366 e. The van der Waals surface area contributed by atoms with Gasteiger partial charge in [0, 0.05) is 10.8 Å². The van der Waals surface area contributed by atoms with Crippen molar-refractivity contribution in [2.45, 2.75) is 38.5 Å². The Bertz CT molecular complexity index is 4050. The van der Waals surface area contributed by atoms with Crippen LogP contribution in [0, 0.1) is 49.4 Å². The molecule has 2 aliphatic rings. The van der Waals surface area contributed by atoms with E-state index >= 15 is 0 Å². The van der Waals surface area contributed by atoms with Crippen molar-refractivity contribution in [2.75, 3.05) is 18.2 Å². The zero-order chi connectivity index (χ0) is 64.6. The summed E-state index contributed by atoms with van der Waals surface area (Å²) in [6.07, 6.45) is 31.6. The average Bonchev–Trinajstić information content (AvgIpc) is 1.59. The van der Waals surface area contributed by atoms with Gasteiger partial charge in [0.1, 0.15) is 49.4 Å². The second-order valence-electron chi connectivity index (χ2n) is 24.3. The first kappa shape index (κ1) is 77.9. The standard InChI is InChI=1S/C26H24P2.C25H22P2.2C19H12.4Au/c1-5-13-23(14-6-1)27(24-15-7-2-8-16-24)21-22-28(25-17-9-3-10-18-25)26-19-11-4-12-20-26;1-5-13-22(14-6-1)26(23-15-7-2-8-16-23)21-27(24-17-9-3-10-18-24)25-19-11-4-12-20-25;2*1-5-13-7-9-15-16-10-8-14(6-2)12-18(16)19(3,4)17(15)11-13;;;;/h1-20H,21-22H2;1-20H,21H2;2*7-12H,3-4H3;;;;/q;;2*-2;4*+1/p+4. The molecule has 0 nitrogen and oxygen atoms in total. The summed E-state index contributed by atoms with van der Waals surface area (Å²) >= 11 is 0. The maximum absolute atomic E-state index is 7.28. The van der Waals surface area contributed by atoms with Crippen molar-refractivity contribution < 1.29 is 89.5 Å². The summed E-state index contributed by atoms with van der Waals surface area (Å²) in [7, 11) is -3.26. The summed E-state index contributed by atoms with van der Waals surface area (Å²) in [5.74, 6) is 11.1. The Balaban J connectivity index is 0.000000182. The predicted octanol–water partition coefficient (Wildman–Crippen LogP) is 17.1. The molecule has 0 heterocycles. The van der Waals surface area contributed by atoms with Crippen molar-refractivity contribution in [3.8, 4) is 45.9 Å². The molecule has 0 N–H and O–H groups in total. The Hall–Kier alpha value is -6.44. The fraction of sp³-hybridized carbons (Fsp3) is 0.101. The fourth-order valence-electron chi connectivity index (χ4n) is 13.0. The van der Waals surface area contributed by atoms with Crippen LogP contribution in [-0.2, 0) is 100 Å². The monoisotopic (exact) mass is 2050 g/mol. The van der Waals surface area contributed by atoms with E-state index < -0.39 is 31.7 Å². The van der Waals surface area contributed by atoms with Gasteiger partial charge in [0.2, 0.25) is 0 Å². The average molecular weight is 2060 g/mol. The summed E-state index contributed by atoms with van der Waals surface area (Å²) in [4.78, 5) is 0. The molecular weight excluding hydrogens is 1980 g/mol. The van der Waals surface area contributed by atoms with Gasteiger partial charge in [-0.2, -0.15) is 0 Å². The third kappa shape index (κ3) is 18.9. The van der Waals surface area contributed by atoms with E-state index in [1.54, 1.807) is 0 Å². The third-order valence-electron chi connectivity index (χ3n) is 17.9. The van der Waals surface area contributed by atoms with Crippen LogP contribution in [0.25, 0.3) is 22.3 Å². The number of hydrogen-bond donors (Lipinski definition) is 0. The molecule has 490 valence electrons. The molecule has 8 heteroatoms. The van der Waals surface area contributed by atoms with Crippen molar-refractivity contribution in [1.29, 1.82) is 0 Å². The molecule has 0 radical (unpaired) electrons. The van der Waals surface area contributed by atoms with Crippen LogP contribution in [-0.4, -0.2) is 18.2 Å². The molecule has 0 unspecified atom stereocenters. The number of rotatable bonds is 13. The number of hydrogen-bond acceptors (Lipinski definition) is 0. The van der Waals surface area contributed by atoms with Gasteiger partial charge in [0.15, 0.2) is 5.90 Å². The van der Waals surface area contributed by atoms with E-state index in [4.69, 9.17) is 25.7 Å². The second kappa shape index (κ2) is 37.7. The van der Waals surface area contributed by atoms with Crippen LogP contribution in [0.1, 0.15) is 72.2 Å². The SMILES string of the molecule is [Au+].[Au+].[Au+].[Au+].[C-]#Cc1ccc2c(c1)C(C)(C)c1cc(C#[C-])ccc1-2.[C-]#Cc1ccc2c(c1)C(C)(C)c1cc(C#[C-])ccc1-2.c1ccc([PH+](CC[PH+](c2ccccc2)c2ccccc2)c2ccccc2)cc1.c1ccc([PH+](C[PH+](c2ccccc2)c2ccccc2)c2ccccc2)cc1. The molecule has 0 bridgehead atoms. The van der Waals surface area contributed by atoms with Crippen LogP contribution >= 0.6 is 31.7 Å². The van der Waals surface area contributed by atoms with E-state index in [9.17, 15) is 0 Å². The van der Waals surface area contributed by atoms with Gasteiger partial charge in [-0.25, -0.2) is 0 Å². The van der Waals surface area contributed by atoms with Gasteiger partial charge in [-0.1, -0.05) is 198 Å². The minimum absolute atomic E-state index is 0. The van der Waals surface area contributed by atoms with Crippen LogP contribution in [0.15, 0.2) is 315 Å². The third-order valence-corrected chi connectivity index (χ3v) is 31.0. The maximum atomic E-state index is 7.28. The Morgan fingerprint density at radius 2 is 0.402 bits per heavy atom. The van der Waals surface area contributed by atoms with E-state index in [0.29, 0.717) is 0 Å². The van der Waals surface area contributed by atoms with E-state index in [1.165, 1.54) is 105 Å². The zero-order valence-electron chi connectivity index (χ0n) is 54.3.